The van der Waals surface area contributed by atoms with Gasteiger partial charge < -0.3 is 0 Å². The highest BCUT2D eigenvalue weighted by molar-refractivity contribution is 7.13. The van der Waals surface area contributed by atoms with E-state index in [0.29, 0.717) is 0 Å². The molecule has 2 heterocycles. The number of thiazole rings is 1. The first kappa shape index (κ1) is 9.97. The number of pyridine rings is 1. The molecular formula is C13H14N2S. The molecule has 0 radical (unpaired) electrons. The Balaban J connectivity index is 2.00. The molecule has 0 N–H and O–H groups in total. The molecule has 0 amide bonds. The highest BCUT2D eigenvalue weighted by Gasteiger charge is 2.26. The summed E-state index contributed by atoms with van der Waals surface area (Å²) in [6, 6.07) is 4.23. The predicted octanol–water partition coefficient (Wildman–Crippen LogP) is 3.70. The minimum atomic E-state index is 0.744. The van der Waals surface area contributed by atoms with Gasteiger partial charge in [-0.05, 0) is 38.8 Å². The molecule has 3 rings (SSSR count). The van der Waals surface area contributed by atoms with E-state index in [1.165, 1.54) is 24.1 Å². The zero-order valence-electron chi connectivity index (χ0n) is 9.53. The number of hydrogen-bond acceptors (Lipinski definition) is 3. The maximum Gasteiger partial charge on any atom is 0.123 e. The first-order valence-corrected chi connectivity index (χ1v) is 6.51. The van der Waals surface area contributed by atoms with E-state index in [-0.39, 0.29) is 0 Å². The van der Waals surface area contributed by atoms with Gasteiger partial charge in [0.2, 0.25) is 0 Å². The molecule has 0 aliphatic heterocycles. The van der Waals surface area contributed by atoms with Crippen LogP contribution in [0.3, 0.4) is 0 Å². The van der Waals surface area contributed by atoms with Crippen LogP contribution in [0.1, 0.15) is 35.8 Å². The molecule has 82 valence electrons. The summed E-state index contributed by atoms with van der Waals surface area (Å²) in [6.07, 6.45) is 2.63. The minimum absolute atomic E-state index is 0.744. The van der Waals surface area contributed by atoms with Crippen LogP contribution in [-0.2, 0) is 0 Å². The van der Waals surface area contributed by atoms with Gasteiger partial charge in [-0.15, -0.1) is 11.3 Å². The van der Waals surface area contributed by atoms with E-state index < -0.39 is 0 Å². The zero-order chi connectivity index (χ0) is 11.1. The van der Waals surface area contributed by atoms with Crippen molar-refractivity contribution in [3.63, 3.8) is 0 Å². The monoisotopic (exact) mass is 230 g/mol. The van der Waals surface area contributed by atoms with E-state index in [1.807, 2.05) is 13.8 Å². The Morgan fingerprint density at radius 1 is 1.12 bits per heavy atom. The molecule has 0 aromatic carbocycles. The van der Waals surface area contributed by atoms with Gasteiger partial charge in [0.1, 0.15) is 5.01 Å². The average molecular weight is 230 g/mol. The maximum atomic E-state index is 4.72. The standard InChI is InChI=1S/C13H14N2S/c1-8-5-11(6-9(2)14-8)13-15-12(7-16-13)10-3-4-10/h5-7,10H,3-4H2,1-2H3. The number of rotatable bonds is 2. The Bertz CT molecular complexity index is 506. The molecule has 1 saturated carbocycles. The van der Waals surface area contributed by atoms with Crippen LogP contribution in [0.15, 0.2) is 17.5 Å². The van der Waals surface area contributed by atoms with Crippen molar-refractivity contribution in [3.8, 4) is 10.6 Å². The molecule has 0 spiro atoms. The molecule has 1 fully saturated rings. The SMILES string of the molecule is Cc1cc(-c2nc(C3CC3)cs2)cc(C)n1. The summed E-state index contributed by atoms with van der Waals surface area (Å²) < 4.78 is 0. The van der Waals surface area contributed by atoms with Crippen LogP contribution in [-0.4, -0.2) is 9.97 Å². The third kappa shape index (κ3) is 1.87. The first-order chi connectivity index (χ1) is 7.72. The minimum Gasteiger partial charge on any atom is -0.258 e. The van der Waals surface area contributed by atoms with Gasteiger partial charge in [-0.2, -0.15) is 0 Å². The van der Waals surface area contributed by atoms with E-state index in [4.69, 9.17) is 4.98 Å². The lowest BCUT2D eigenvalue weighted by atomic mass is 10.2. The number of nitrogens with zero attached hydrogens (tertiary/aromatic N) is 2. The molecule has 2 aromatic heterocycles. The molecule has 2 aromatic rings. The number of aryl methyl sites for hydroxylation is 2. The van der Waals surface area contributed by atoms with Gasteiger partial charge in [-0.25, -0.2) is 4.98 Å². The van der Waals surface area contributed by atoms with Gasteiger partial charge in [0, 0.05) is 28.2 Å². The predicted molar refractivity (Wildman–Crippen MR) is 66.8 cm³/mol. The smallest absolute Gasteiger partial charge is 0.123 e. The van der Waals surface area contributed by atoms with E-state index in [0.717, 1.165) is 22.3 Å². The van der Waals surface area contributed by atoms with Crippen molar-refractivity contribution >= 4 is 11.3 Å². The van der Waals surface area contributed by atoms with Gasteiger partial charge in [0.15, 0.2) is 0 Å². The first-order valence-electron chi connectivity index (χ1n) is 5.63. The second kappa shape index (κ2) is 3.67. The van der Waals surface area contributed by atoms with E-state index in [9.17, 15) is 0 Å². The van der Waals surface area contributed by atoms with Gasteiger partial charge in [0.05, 0.1) is 5.69 Å². The van der Waals surface area contributed by atoms with Crippen molar-refractivity contribution in [3.05, 3.63) is 34.6 Å². The van der Waals surface area contributed by atoms with Crippen LogP contribution in [0.4, 0.5) is 0 Å². The molecule has 0 atom stereocenters. The Morgan fingerprint density at radius 3 is 2.44 bits per heavy atom. The fraction of sp³-hybridized carbons (Fsp3) is 0.385. The lowest BCUT2D eigenvalue weighted by Crippen LogP contribution is -1.88. The van der Waals surface area contributed by atoms with Crippen molar-refractivity contribution in [1.82, 2.24) is 9.97 Å². The topological polar surface area (TPSA) is 25.8 Å². The van der Waals surface area contributed by atoms with Gasteiger partial charge >= 0.3 is 0 Å². The lowest BCUT2D eigenvalue weighted by molar-refractivity contribution is 1.05. The lowest BCUT2D eigenvalue weighted by Gasteiger charge is -2.00. The maximum absolute atomic E-state index is 4.72. The molecule has 3 heteroatoms. The Morgan fingerprint density at radius 2 is 1.81 bits per heavy atom. The van der Waals surface area contributed by atoms with Crippen molar-refractivity contribution < 1.29 is 0 Å². The highest BCUT2D eigenvalue weighted by atomic mass is 32.1. The quantitative estimate of drug-likeness (QED) is 0.786. The fourth-order valence-electron chi connectivity index (χ4n) is 1.94. The van der Waals surface area contributed by atoms with Crippen LogP contribution >= 0.6 is 11.3 Å². The molecule has 1 aliphatic rings. The van der Waals surface area contributed by atoms with Crippen molar-refractivity contribution in [2.75, 3.05) is 0 Å². The number of aromatic nitrogens is 2. The molecule has 0 saturated heterocycles. The Labute approximate surface area is 99.4 Å². The van der Waals surface area contributed by atoms with Crippen molar-refractivity contribution in [2.24, 2.45) is 0 Å². The van der Waals surface area contributed by atoms with Crippen molar-refractivity contribution in [1.29, 1.82) is 0 Å². The summed E-state index contributed by atoms with van der Waals surface area (Å²) in [4.78, 5) is 9.11. The molecule has 0 unspecified atom stereocenters. The van der Waals surface area contributed by atoms with Crippen LogP contribution < -0.4 is 0 Å². The normalized spacial score (nSPS) is 15.4. The summed E-state index contributed by atoms with van der Waals surface area (Å²) in [6.45, 7) is 4.07. The van der Waals surface area contributed by atoms with Crippen LogP contribution in [0.2, 0.25) is 0 Å². The Kier molecular flexibility index (Phi) is 2.28. The zero-order valence-corrected chi connectivity index (χ0v) is 10.3. The van der Waals surface area contributed by atoms with E-state index >= 15 is 0 Å². The summed E-state index contributed by atoms with van der Waals surface area (Å²) in [5.74, 6) is 0.744. The molecule has 0 bridgehead atoms. The van der Waals surface area contributed by atoms with Crippen LogP contribution in [0, 0.1) is 13.8 Å². The van der Waals surface area contributed by atoms with Gasteiger partial charge in [-0.3, -0.25) is 4.98 Å². The van der Waals surface area contributed by atoms with E-state index in [2.05, 4.69) is 22.5 Å². The fourth-order valence-corrected chi connectivity index (χ4v) is 2.83. The van der Waals surface area contributed by atoms with Gasteiger partial charge in [-0.1, -0.05) is 0 Å². The Hall–Kier alpha value is -1.22. The van der Waals surface area contributed by atoms with Crippen LogP contribution in [0.5, 0.6) is 0 Å². The third-order valence-electron chi connectivity index (χ3n) is 2.85. The van der Waals surface area contributed by atoms with Gasteiger partial charge in [0.25, 0.3) is 0 Å². The van der Waals surface area contributed by atoms with E-state index in [1.54, 1.807) is 11.3 Å². The summed E-state index contributed by atoms with van der Waals surface area (Å²) >= 11 is 1.75. The molecule has 16 heavy (non-hydrogen) atoms. The summed E-state index contributed by atoms with van der Waals surface area (Å²) in [5.41, 5.74) is 4.63. The number of hydrogen-bond donors (Lipinski definition) is 0. The third-order valence-corrected chi connectivity index (χ3v) is 3.76. The van der Waals surface area contributed by atoms with Crippen molar-refractivity contribution in [2.45, 2.75) is 32.6 Å². The average Bonchev–Trinajstić information content (AvgIpc) is 2.95. The summed E-state index contributed by atoms with van der Waals surface area (Å²) in [5, 5.41) is 3.34. The molecule has 1 aliphatic carbocycles. The second-order valence-electron chi connectivity index (χ2n) is 4.49. The van der Waals surface area contributed by atoms with Crippen LogP contribution in [0.25, 0.3) is 10.6 Å². The second-order valence-corrected chi connectivity index (χ2v) is 5.35. The molecular weight excluding hydrogens is 216 g/mol. The summed E-state index contributed by atoms with van der Waals surface area (Å²) in [7, 11) is 0. The largest absolute Gasteiger partial charge is 0.258 e. The molecule has 2 nitrogen and oxygen atoms in total. The highest BCUT2D eigenvalue weighted by Crippen LogP contribution is 2.41.